The molecule has 0 spiro atoms. The van der Waals surface area contributed by atoms with Gasteiger partial charge in [0, 0.05) is 6.42 Å². The predicted octanol–water partition coefficient (Wildman–Crippen LogP) is 4.83. The number of hydrogen-bond acceptors (Lipinski definition) is 2. The molecule has 0 bridgehead atoms. The normalized spacial score (nSPS) is 15.4. The smallest absolute Gasteiger partial charge is 0.147 e. The van der Waals surface area contributed by atoms with Crippen molar-refractivity contribution in [3.05, 3.63) is 71.8 Å². The zero-order valence-electron chi connectivity index (χ0n) is 15.3. The maximum Gasteiger partial charge on any atom is 0.147 e. The number of rotatable bonds is 8. The fourth-order valence-electron chi connectivity index (χ4n) is 4.24. The van der Waals surface area contributed by atoms with Gasteiger partial charge in [0.2, 0.25) is 0 Å². The molecule has 1 fully saturated rings. The van der Waals surface area contributed by atoms with Crippen molar-refractivity contribution in [3.63, 3.8) is 0 Å². The van der Waals surface area contributed by atoms with Gasteiger partial charge in [0.15, 0.2) is 0 Å². The van der Waals surface area contributed by atoms with Gasteiger partial charge in [0.05, 0.1) is 5.41 Å². The molecule has 1 heterocycles. The molecule has 2 nitrogen and oxygen atoms in total. The Kier molecular flexibility index (Phi) is 6.04. The van der Waals surface area contributed by atoms with Gasteiger partial charge in [-0.2, -0.15) is 0 Å². The van der Waals surface area contributed by atoms with Crippen LogP contribution in [0.1, 0.15) is 50.2 Å². The lowest BCUT2D eigenvalue weighted by molar-refractivity contribution is -0.123. The fraction of sp³-hybridized carbons (Fsp3) is 0.435. The van der Waals surface area contributed by atoms with Gasteiger partial charge < -0.3 is 4.90 Å². The molecule has 1 saturated heterocycles. The van der Waals surface area contributed by atoms with E-state index in [1.807, 2.05) is 19.1 Å². The van der Waals surface area contributed by atoms with E-state index in [0.717, 1.165) is 30.5 Å². The van der Waals surface area contributed by atoms with Gasteiger partial charge in [0.25, 0.3) is 0 Å². The Labute approximate surface area is 151 Å². The summed E-state index contributed by atoms with van der Waals surface area (Å²) < 4.78 is 0. The van der Waals surface area contributed by atoms with Gasteiger partial charge in [-0.05, 0) is 56.4 Å². The highest BCUT2D eigenvalue weighted by atomic mass is 16.1. The fourth-order valence-corrected chi connectivity index (χ4v) is 4.24. The molecule has 0 unspecified atom stereocenters. The number of ketones is 1. The summed E-state index contributed by atoms with van der Waals surface area (Å²) in [5, 5.41) is 0. The molecule has 0 radical (unpaired) electrons. The molecule has 0 saturated carbocycles. The number of likely N-dealkylation sites (tertiary alicyclic amines) is 1. The Balaban J connectivity index is 1.94. The Hall–Kier alpha value is -1.93. The summed E-state index contributed by atoms with van der Waals surface area (Å²) in [6.07, 6.45) is 5.13. The number of carbonyl (C=O) groups excluding carboxylic acids is 1. The Morgan fingerprint density at radius 3 is 1.92 bits per heavy atom. The molecular weight excluding hydrogens is 306 g/mol. The Morgan fingerprint density at radius 1 is 0.920 bits per heavy atom. The van der Waals surface area contributed by atoms with Crippen LogP contribution in [0, 0.1) is 0 Å². The number of carbonyl (C=O) groups is 1. The Bertz CT molecular complexity index is 620. The molecule has 2 aromatic rings. The van der Waals surface area contributed by atoms with Crippen LogP contribution < -0.4 is 0 Å². The maximum absolute atomic E-state index is 13.2. The van der Waals surface area contributed by atoms with Crippen molar-refractivity contribution in [3.8, 4) is 0 Å². The van der Waals surface area contributed by atoms with Gasteiger partial charge in [-0.1, -0.05) is 67.6 Å². The highest BCUT2D eigenvalue weighted by Gasteiger charge is 2.39. The number of nitrogens with zero attached hydrogens (tertiary/aromatic N) is 1. The van der Waals surface area contributed by atoms with Crippen LogP contribution in [0.25, 0.3) is 0 Å². The monoisotopic (exact) mass is 335 g/mol. The van der Waals surface area contributed by atoms with Crippen molar-refractivity contribution in [1.29, 1.82) is 0 Å². The standard InChI is InChI=1S/C23H29NO/c1-2-22(25)23(20-12-5-3-6-13-20,21-14-7-4-8-15-21)16-11-19-24-17-9-10-18-24/h3-8,12-15H,2,9-11,16-19H2,1H3. The van der Waals surface area contributed by atoms with E-state index >= 15 is 0 Å². The molecule has 1 aliphatic heterocycles. The van der Waals surface area contributed by atoms with Crippen molar-refractivity contribution >= 4 is 5.78 Å². The third kappa shape index (κ3) is 3.85. The largest absolute Gasteiger partial charge is 0.303 e. The molecule has 2 heteroatoms. The van der Waals surface area contributed by atoms with Gasteiger partial charge in [-0.15, -0.1) is 0 Å². The second-order valence-corrected chi connectivity index (χ2v) is 7.07. The lowest BCUT2D eigenvalue weighted by Gasteiger charge is -2.34. The molecule has 0 atom stereocenters. The van der Waals surface area contributed by atoms with Gasteiger partial charge >= 0.3 is 0 Å². The molecule has 1 aliphatic rings. The van der Waals surface area contributed by atoms with Crippen LogP contribution in [-0.4, -0.2) is 30.3 Å². The highest BCUT2D eigenvalue weighted by Crippen LogP contribution is 2.39. The van der Waals surface area contributed by atoms with Crippen LogP contribution in [-0.2, 0) is 10.2 Å². The van der Waals surface area contributed by atoms with Crippen molar-refractivity contribution in [1.82, 2.24) is 4.90 Å². The minimum absolute atomic E-state index is 0.325. The molecule has 0 aliphatic carbocycles. The summed E-state index contributed by atoms with van der Waals surface area (Å²) in [4.78, 5) is 15.8. The summed E-state index contributed by atoms with van der Waals surface area (Å²) in [5.41, 5.74) is 1.75. The van der Waals surface area contributed by atoms with Crippen molar-refractivity contribution in [2.75, 3.05) is 19.6 Å². The van der Waals surface area contributed by atoms with Gasteiger partial charge in [-0.3, -0.25) is 4.79 Å². The number of Topliss-reactive ketones (excluding diaryl/α,β-unsaturated/α-hetero) is 1. The summed E-state index contributed by atoms with van der Waals surface area (Å²) in [6.45, 7) is 5.51. The van der Waals surface area contributed by atoms with Crippen LogP contribution in [0.15, 0.2) is 60.7 Å². The molecule has 0 amide bonds. The van der Waals surface area contributed by atoms with Crippen LogP contribution in [0.5, 0.6) is 0 Å². The van der Waals surface area contributed by atoms with Crippen molar-refractivity contribution in [2.45, 2.75) is 44.4 Å². The summed E-state index contributed by atoms with van der Waals surface area (Å²) in [6, 6.07) is 20.7. The quantitative estimate of drug-likeness (QED) is 0.689. The van der Waals surface area contributed by atoms with E-state index in [2.05, 4.69) is 53.4 Å². The van der Waals surface area contributed by atoms with E-state index in [1.165, 1.54) is 25.9 Å². The highest BCUT2D eigenvalue weighted by molar-refractivity contribution is 5.93. The average Bonchev–Trinajstić information content (AvgIpc) is 3.20. The van der Waals surface area contributed by atoms with E-state index in [-0.39, 0.29) is 0 Å². The van der Waals surface area contributed by atoms with Crippen molar-refractivity contribution < 1.29 is 4.79 Å². The third-order valence-electron chi connectivity index (χ3n) is 5.56. The number of hydrogen-bond donors (Lipinski definition) is 0. The first-order valence-corrected chi connectivity index (χ1v) is 9.64. The van der Waals surface area contributed by atoms with Crippen LogP contribution in [0.3, 0.4) is 0 Å². The molecule has 0 N–H and O–H groups in total. The first-order valence-electron chi connectivity index (χ1n) is 9.64. The van der Waals surface area contributed by atoms with Gasteiger partial charge in [0.1, 0.15) is 5.78 Å². The lowest BCUT2D eigenvalue weighted by atomic mass is 9.67. The minimum atomic E-state index is -0.517. The summed E-state index contributed by atoms with van der Waals surface area (Å²) >= 11 is 0. The average molecular weight is 335 g/mol. The zero-order chi connectivity index (χ0) is 17.5. The first kappa shape index (κ1) is 17.9. The molecule has 0 aromatic heterocycles. The summed E-state index contributed by atoms with van der Waals surface area (Å²) in [7, 11) is 0. The SMILES string of the molecule is CCC(=O)C(CCCN1CCCC1)(c1ccccc1)c1ccccc1. The predicted molar refractivity (Wildman–Crippen MR) is 104 cm³/mol. The lowest BCUT2D eigenvalue weighted by Crippen LogP contribution is -2.38. The van der Waals surface area contributed by atoms with Crippen LogP contribution in [0.4, 0.5) is 0 Å². The molecule has 25 heavy (non-hydrogen) atoms. The van der Waals surface area contributed by atoms with E-state index < -0.39 is 5.41 Å². The van der Waals surface area contributed by atoms with E-state index in [9.17, 15) is 4.79 Å². The molecule has 132 valence electrons. The number of benzene rings is 2. The van der Waals surface area contributed by atoms with Crippen LogP contribution >= 0.6 is 0 Å². The van der Waals surface area contributed by atoms with E-state index in [1.54, 1.807) is 0 Å². The maximum atomic E-state index is 13.2. The minimum Gasteiger partial charge on any atom is -0.303 e. The molecule has 3 rings (SSSR count). The third-order valence-corrected chi connectivity index (χ3v) is 5.56. The van der Waals surface area contributed by atoms with E-state index in [4.69, 9.17) is 0 Å². The topological polar surface area (TPSA) is 20.3 Å². The summed E-state index contributed by atoms with van der Waals surface area (Å²) in [5.74, 6) is 0.325. The molecule has 2 aromatic carbocycles. The van der Waals surface area contributed by atoms with Crippen LogP contribution in [0.2, 0.25) is 0 Å². The second kappa shape index (κ2) is 8.44. The first-order chi connectivity index (χ1) is 12.3. The second-order valence-electron chi connectivity index (χ2n) is 7.07. The van der Waals surface area contributed by atoms with E-state index in [0.29, 0.717) is 12.2 Å². The Morgan fingerprint density at radius 2 is 1.44 bits per heavy atom. The van der Waals surface area contributed by atoms with Crippen molar-refractivity contribution in [2.24, 2.45) is 0 Å². The molecular formula is C23H29NO. The zero-order valence-corrected chi connectivity index (χ0v) is 15.3. The van der Waals surface area contributed by atoms with Gasteiger partial charge in [-0.25, -0.2) is 0 Å².